The van der Waals surface area contributed by atoms with E-state index in [9.17, 15) is 27.6 Å². The van der Waals surface area contributed by atoms with E-state index in [4.69, 9.17) is 9.66 Å². The van der Waals surface area contributed by atoms with Gasteiger partial charge in [-0.25, -0.2) is 0 Å². The number of carbonyl (C=O) groups excluding carboxylic acids is 4. The standard InChI is InChI=1S/C4H5NO5S.C4H5NO3/c6-3-1-2(4(7)5-3)11(8,9)10;6-2-1-3(7)5-4(2)8/h2H,1H2,(H,5,6,7)(H,8,9,10);2,6H,1H2,(H,5,7,8). The zero-order chi connectivity index (χ0) is 14.8. The van der Waals surface area contributed by atoms with Crippen LogP contribution in [-0.2, 0) is 29.3 Å². The highest BCUT2D eigenvalue weighted by atomic mass is 32.2. The first-order chi connectivity index (χ1) is 8.61. The Kier molecular flexibility index (Phi) is 4.34. The summed E-state index contributed by atoms with van der Waals surface area (Å²) in [6, 6.07) is 0. The zero-order valence-corrected chi connectivity index (χ0v) is 10.1. The molecule has 2 saturated heterocycles. The van der Waals surface area contributed by atoms with Gasteiger partial charge in [-0.1, -0.05) is 0 Å². The molecule has 2 heterocycles. The van der Waals surface area contributed by atoms with Gasteiger partial charge in [-0.05, 0) is 0 Å². The van der Waals surface area contributed by atoms with Gasteiger partial charge in [0, 0.05) is 0 Å². The van der Waals surface area contributed by atoms with Crippen molar-refractivity contribution in [1.82, 2.24) is 10.6 Å². The smallest absolute Gasteiger partial charge is 0.277 e. The maximum Gasteiger partial charge on any atom is 0.277 e. The summed E-state index contributed by atoms with van der Waals surface area (Å²) < 4.78 is 29.0. The van der Waals surface area contributed by atoms with Crippen molar-refractivity contribution in [3.05, 3.63) is 0 Å². The first kappa shape index (κ1) is 15.2. The fourth-order valence-corrected chi connectivity index (χ4v) is 2.00. The Morgan fingerprint density at radius 3 is 1.58 bits per heavy atom. The SMILES string of the molecule is O=C1CC(O)C(=O)N1.O=C1CC(S(=O)(=O)O)C(=O)N1. The van der Waals surface area contributed by atoms with Gasteiger partial charge in [-0.15, -0.1) is 0 Å². The molecule has 2 atom stereocenters. The van der Waals surface area contributed by atoms with E-state index in [-0.39, 0.29) is 6.42 Å². The van der Waals surface area contributed by atoms with Gasteiger partial charge in [0.2, 0.25) is 17.7 Å². The minimum absolute atomic E-state index is 0.0845. The third-order valence-corrected chi connectivity index (χ3v) is 3.33. The van der Waals surface area contributed by atoms with Crippen LogP contribution in [0.25, 0.3) is 0 Å². The monoisotopic (exact) mass is 294 g/mol. The number of imide groups is 2. The molecule has 4 amide bonds. The quantitative estimate of drug-likeness (QED) is 0.288. The Bertz CT molecular complexity index is 539. The summed E-state index contributed by atoms with van der Waals surface area (Å²) in [5.41, 5.74) is 0. The van der Waals surface area contributed by atoms with E-state index in [1.54, 1.807) is 5.32 Å². The van der Waals surface area contributed by atoms with Gasteiger partial charge in [-0.2, -0.15) is 8.42 Å². The van der Waals surface area contributed by atoms with Crippen molar-refractivity contribution >= 4 is 33.7 Å². The van der Waals surface area contributed by atoms with Gasteiger partial charge in [-0.3, -0.25) is 34.4 Å². The number of carbonyl (C=O) groups is 4. The number of hydrogen-bond donors (Lipinski definition) is 4. The minimum Gasteiger partial charge on any atom is -0.383 e. The molecule has 0 radical (unpaired) electrons. The average Bonchev–Trinajstić information content (AvgIpc) is 2.70. The molecule has 4 N–H and O–H groups in total. The summed E-state index contributed by atoms with van der Waals surface area (Å²) in [4.78, 5) is 41.3. The molecule has 2 unspecified atom stereocenters. The van der Waals surface area contributed by atoms with Gasteiger partial charge in [0.25, 0.3) is 16.0 Å². The van der Waals surface area contributed by atoms with Crippen LogP contribution >= 0.6 is 0 Å². The third-order valence-electron chi connectivity index (χ3n) is 2.23. The van der Waals surface area contributed by atoms with E-state index in [1.165, 1.54) is 0 Å². The van der Waals surface area contributed by atoms with Crippen LogP contribution in [0.2, 0.25) is 0 Å². The van der Waals surface area contributed by atoms with E-state index >= 15 is 0 Å². The number of hydrogen-bond acceptors (Lipinski definition) is 7. The van der Waals surface area contributed by atoms with E-state index in [2.05, 4.69) is 0 Å². The van der Waals surface area contributed by atoms with E-state index in [0.717, 1.165) is 0 Å². The molecule has 0 aromatic heterocycles. The van der Waals surface area contributed by atoms with Crippen LogP contribution < -0.4 is 10.6 Å². The Hall–Kier alpha value is -1.85. The van der Waals surface area contributed by atoms with Crippen LogP contribution in [0, 0.1) is 0 Å². The predicted molar refractivity (Wildman–Crippen MR) is 56.9 cm³/mol. The van der Waals surface area contributed by atoms with E-state index in [1.807, 2.05) is 5.32 Å². The highest BCUT2D eigenvalue weighted by Gasteiger charge is 2.39. The molecule has 0 aromatic carbocycles. The lowest BCUT2D eigenvalue weighted by Crippen LogP contribution is -2.30. The molecular formula is C8H10N2O8S. The summed E-state index contributed by atoms with van der Waals surface area (Å²) in [5, 5.41) is 10.6. The molecule has 11 heteroatoms. The molecule has 2 aliphatic rings. The summed E-state index contributed by atoms with van der Waals surface area (Å²) in [6.45, 7) is 0. The van der Waals surface area contributed by atoms with Crippen LogP contribution in [0.5, 0.6) is 0 Å². The molecule has 2 fully saturated rings. The van der Waals surface area contributed by atoms with Crippen LogP contribution in [0.15, 0.2) is 0 Å². The molecule has 0 bridgehead atoms. The second-order valence-electron chi connectivity index (χ2n) is 3.75. The van der Waals surface area contributed by atoms with Gasteiger partial charge in [0.05, 0.1) is 12.8 Å². The Balaban J connectivity index is 0.000000200. The number of aliphatic hydroxyl groups is 1. The van der Waals surface area contributed by atoms with Crippen molar-refractivity contribution in [2.75, 3.05) is 0 Å². The summed E-state index contributed by atoms with van der Waals surface area (Å²) in [7, 11) is -4.42. The maximum atomic E-state index is 10.6. The molecule has 0 saturated carbocycles. The molecule has 106 valence electrons. The average molecular weight is 294 g/mol. The molecule has 2 rings (SSSR count). The highest BCUT2D eigenvalue weighted by molar-refractivity contribution is 7.87. The van der Waals surface area contributed by atoms with Crippen LogP contribution in [0.1, 0.15) is 12.8 Å². The van der Waals surface area contributed by atoms with Crippen molar-refractivity contribution in [3.8, 4) is 0 Å². The lowest BCUT2D eigenvalue weighted by molar-refractivity contribution is -0.128. The Morgan fingerprint density at radius 2 is 1.42 bits per heavy atom. The normalized spacial score (nSPS) is 26.6. The third kappa shape index (κ3) is 4.08. The molecule has 0 aromatic rings. The first-order valence-electron chi connectivity index (χ1n) is 4.93. The van der Waals surface area contributed by atoms with E-state index in [0.29, 0.717) is 0 Å². The largest absolute Gasteiger partial charge is 0.383 e. The number of rotatable bonds is 1. The van der Waals surface area contributed by atoms with Gasteiger partial charge >= 0.3 is 0 Å². The molecule has 2 aliphatic heterocycles. The second-order valence-corrected chi connectivity index (χ2v) is 5.35. The molecular weight excluding hydrogens is 284 g/mol. The minimum atomic E-state index is -4.42. The predicted octanol–water partition coefficient (Wildman–Crippen LogP) is -3.32. The number of aliphatic hydroxyl groups excluding tert-OH is 1. The van der Waals surface area contributed by atoms with E-state index < -0.39 is 51.5 Å². The van der Waals surface area contributed by atoms with Gasteiger partial charge < -0.3 is 5.11 Å². The lowest BCUT2D eigenvalue weighted by atomic mass is 10.3. The van der Waals surface area contributed by atoms with Crippen LogP contribution in [0.3, 0.4) is 0 Å². The second kappa shape index (κ2) is 5.42. The molecule has 10 nitrogen and oxygen atoms in total. The van der Waals surface area contributed by atoms with Gasteiger partial charge in [0.15, 0.2) is 5.25 Å². The van der Waals surface area contributed by atoms with Crippen molar-refractivity contribution in [2.45, 2.75) is 24.2 Å². The highest BCUT2D eigenvalue weighted by Crippen LogP contribution is 2.09. The number of amides is 4. The lowest BCUT2D eigenvalue weighted by Gasteiger charge is -1.98. The molecule has 19 heavy (non-hydrogen) atoms. The fourth-order valence-electron chi connectivity index (χ4n) is 1.31. The number of nitrogens with one attached hydrogen (secondary N) is 2. The first-order valence-corrected chi connectivity index (χ1v) is 6.43. The summed E-state index contributed by atoms with van der Waals surface area (Å²) >= 11 is 0. The summed E-state index contributed by atoms with van der Waals surface area (Å²) in [6.07, 6.45) is -1.68. The maximum absolute atomic E-state index is 10.6. The van der Waals surface area contributed by atoms with Crippen molar-refractivity contribution in [2.24, 2.45) is 0 Å². The van der Waals surface area contributed by atoms with Crippen molar-refractivity contribution < 1.29 is 37.3 Å². The topological polar surface area (TPSA) is 167 Å². The zero-order valence-electron chi connectivity index (χ0n) is 9.32. The van der Waals surface area contributed by atoms with Gasteiger partial charge in [0.1, 0.15) is 6.10 Å². The Morgan fingerprint density at radius 1 is 0.947 bits per heavy atom. The van der Waals surface area contributed by atoms with Crippen LogP contribution in [-0.4, -0.2) is 53.1 Å². The van der Waals surface area contributed by atoms with Crippen molar-refractivity contribution in [1.29, 1.82) is 0 Å². The Labute approximate surface area is 106 Å². The molecule has 0 aliphatic carbocycles. The fraction of sp³-hybridized carbons (Fsp3) is 0.500. The summed E-state index contributed by atoms with van der Waals surface area (Å²) in [5.74, 6) is -2.63. The molecule has 0 spiro atoms. The van der Waals surface area contributed by atoms with Crippen LogP contribution in [0.4, 0.5) is 0 Å². The van der Waals surface area contributed by atoms with Crippen molar-refractivity contribution in [3.63, 3.8) is 0 Å².